The number of hydrogen-bond acceptors (Lipinski definition) is 4. The molecular formula is C16H26N2O2S. The first-order chi connectivity index (χ1) is 9.82. The van der Waals surface area contributed by atoms with E-state index >= 15 is 0 Å². The van der Waals surface area contributed by atoms with E-state index in [9.17, 15) is 8.42 Å². The highest BCUT2D eigenvalue weighted by Crippen LogP contribution is 2.30. The van der Waals surface area contributed by atoms with Gasteiger partial charge in [0.2, 0.25) is 0 Å². The first-order valence-corrected chi connectivity index (χ1v) is 9.48. The number of rotatable bonds is 4. The van der Waals surface area contributed by atoms with Crippen LogP contribution in [-0.4, -0.2) is 38.7 Å². The van der Waals surface area contributed by atoms with Crippen molar-refractivity contribution in [2.24, 2.45) is 11.7 Å². The lowest BCUT2D eigenvalue weighted by Gasteiger charge is -2.42. The Morgan fingerprint density at radius 2 is 1.95 bits per heavy atom. The Hall–Kier alpha value is -0.910. The van der Waals surface area contributed by atoms with Crippen molar-refractivity contribution in [3.8, 4) is 0 Å². The molecule has 2 rings (SSSR count). The van der Waals surface area contributed by atoms with Gasteiger partial charge in [-0.1, -0.05) is 19.1 Å². The highest BCUT2D eigenvalue weighted by atomic mass is 32.2. The number of benzene rings is 1. The van der Waals surface area contributed by atoms with Gasteiger partial charge in [-0.15, -0.1) is 0 Å². The summed E-state index contributed by atoms with van der Waals surface area (Å²) in [4.78, 5) is 2.83. The van der Waals surface area contributed by atoms with Gasteiger partial charge in [-0.3, -0.25) is 4.90 Å². The Morgan fingerprint density at radius 1 is 1.33 bits per heavy atom. The average Bonchev–Trinajstić information content (AvgIpc) is 2.45. The summed E-state index contributed by atoms with van der Waals surface area (Å²) in [5.41, 5.74) is 7.08. The highest BCUT2D eigenvalue weighted by molar-refractivity contribution is 7.90. The molecule has 0 radical (unpaired) electrons. The molecule has 5 heteroatoms. The highest BCUT2D eigenvalue weighted by Gasteiger charge is 2.29. The van der Waals surface area contributed by atoms with E-state index in [4.69, 9.17) is 5.73 Å². The normalized spacial score (nSPS) is 25.7. The van der Waals surface area contributed by atoms with E-state index in [-0.39, 0.29) is 6.04 Å². The van der Waals surface area contributed by atoms with E-state index in [0.29, 0.717) is 17.5 Å². The molecule has 1 aromatic carbocycles. The predicted octanol–water partition coefficient (Wildman–Crippen LogP) is 2.21. The van der Waals surface area contributed by atoms with Crippen LogP contribution in [0.3, 0.4) is 0 Å². The van der Waals surface area contributed by atoms with Crippen molar-refractivity contribution in [3.63, 3.8) is 0 Å². The van der Waals surface area contributed by atoms with E-state index in [1.165, 1.54) is 12.7 Å². The van der Waals surface area contributed by atoms with Crippen molar-refractivity contribution >= 4 is 9.84 Å². The fourth-order valence-corrected chi connectivity index (χ4v) is 3.83. The molecule has 0 aromatic heterocycles. The SMILES string of the molecule is CC1CCN(C(C)c2ccc(S(C)(=O)=O)cc2)C(CN)C1. The number of piperidine rings is 1. The van der Waals surface area contributed by atoms with Gasteiger partial charge in [0.05, 0.1) is 4.90 Å². The smallest absolute Gasteiger partial charge is 0.175 e. The zero-order valence-electron chi connectivity index (χ0n) is 13.1. The quantitative estimate of drug-likeness (QED) is 0.926. The molecule has 1 saturated heterocycles. The van der Waals surface area contributed by atoms with Gasteiger partial charge < -0.3 is 5.73 Å². The van der Waals surface area contributed by atoms with Crippen molar-refractivity contribution in [3.05, 3.63) is 29.8 Å². The number of sulfone groups is 1. The average molecular weight is 310 g/mol. The van der Waals surface area contributed by atoms with Crippen molar-refractivity contribution in [2.45, 2.75) is 43.7 Å². The minimum absolute atomic E-state index is 0.264. The lowest BCUT2D eigenvalue weighted by atomic mass is 9.90. The molecule has 2 N–H and O–H groups in total. The van der Waals surface area contributed by atoms with Crippen molar-refractivity contribution in [2.75, 3.05) is 19.3 Å². The summed E-state index contributed by atoms with van der Waals surface area (Å²) < 4.78 is 23.0. The largest absolute Gasteiger partial charge is 0.329 e. The molecule has 3 atom stereocenters. The van der Waals surface area contributed by atoms with Gasteiger partial charge in [0.15, 0.2) is 9.84 Å². The van der Waals surface area contributed by atoms with Crippen LogP contribution < -0.4 is 5.73 Å². The molecule has 118 valence electrons. The molecule has 0 bridgehead atoms. The maximum Gasteiger partial charge on any atom is 0.175 e. The van der Waals surface area contributed by atoms with Crippen LogP contribution in [-0.2, 0) is 9.84 Å². The fourth-order valence-electron chi connectivity index (χ4n) is 3.20. The van der Waals surface area contributed by atoms with Crippen LogP contribution in [0.5, 0.6) is 0 Å². The molecule has 1 heterocycles. The Morgan fingerprint density at radius 3 is 2.48 bits per heavy atom. The fraction of sp³-hybridized carbons (Fsp3) is 0.625. The van der Waals surface area contributed by atoms with E-state index in [1.807, 2.05) is 12.1 Å². The van der Waals surface area contributed by atoms with Crippen molar-refractivity contribution in [1.82, 2.24) is 4.90 Å². The Balaban J connectivity index is 2.17. The Labute approximate surface area is 128 Å². The zero-order chi connectivity index (χ0) is 15.6. The lowest BCUT2D eigenvalue weighted by molar-refractivity contribution is 0.0834. The summed E-state index contributed by atoms with van der Waals surface area (Å²) in [6, 6.07) is 7.92. The number of nitrogens with zero attached hydrogens (tertiary/aromatic N) is 1. The molecule has 21 heavy (non-hydrogen) atoms. The summed E-state index contributed by atoms with van der Waals surface area (Å²) in [7, 11) is -3.13. The molecule has 0 amide bonds. The third-order valence-electron chi connectivity index (χ3n) is 4.58. The van der Waals surface area contributed by atoms with Crippen LogP contribution in [0.15, 0.2) is 29.2 Å². The topological polar surface area (TPSA) is 63.4 Å². The molecular weight excluding hydrogens is 284 g/mol. The van der Waals surface area contributed by atoms with Crippen LogP contribution in [0.25, 0.3) is 0 Å². The minimum atomic E-state index is -3.13. The lowest BCUT2D eigenvalue weighted by Crippen LogP contribution is -2.47. The maximum absolute atomic E-state index is 11.5. The minimum Gasteiger partial charge on any atom is -0.329 e. The third kappa shape index (κ3) is 3.84. The molecule has 3 unspecified atom stereocenters. The van der Waals surface area contributed by atoms with Crippen molar-refractivity contribution in [1.29, 1.82) is 0 Å². The zero-order valence-corrected chi connectivity index (χ0v) is 13.9. The van der Waals surface area contributed by atoms with E-state index in [0.717, 1.165) is 24.4 Å². The summed E-state index contributed by atoms with van der Waals surface area (Å²) in [6.45, 7) is 6.19. The molecule has 1 aromatic rings. The summed E-state index contributed by atoms with van der Waals surface area (Å²) in [5.74, 6) is 0.731. The standard InChI is InChI=1S/C16H26N2O2S/c1-12-8-9-18(15(10-12)11-17)13(2)14-4-6-16(7-5-14)21(3,19)20/h4-7,12-13,15H,8-11,17H2,1-3H3. The second-order valence-corrected chi connectivity index (χ2v) is 8.29. The van der Waals surface area contributed by atoms with Gasteiger partial charge in [0.25, 0.3) is 0 Å². The van der Waals surface area contributed by atoms with E-state index in [2.05, 4.69) is 18.7 Å². The Bertz CT molecular complexity index is 568. The molecule has 0 saturated carbocycles. The van der Waals surface area contributed by atoms with Crippen LogP contribution in [0.2, 0.25) is 0 Å². The summed E-state index contributed by atoms with van der Waals surface area (Å²) in [5, 5.41) is 0. The molecule has 1 aliphatic heterocycles. The third-order valence-corrected chi connectivity index (χ3v) is 5.71. The van der Waals surface area contributed by atoms with Crippen LogP contribution in [0, 0.1) is 5.92 Å². The molecule has 4 nitrogen and oxygen atoms in total. The number of hydrogen-bond donors (Lipinski definition) is 1. The van der Waals surface area contributed by atoms with Crippen LogP contribution >= 0.6 is 0 Å². The van der Waals surface area contributed by atoms with Crippen molar-refractivity contribution < 1.29 is 8.42 Å². The van der Waals surface area contributed by atoms with Gasteiger partial charge in [0, 0.05) is 24.9 Å². The van der Waals surface area contributed by atoms with Gasteiger partial charge in [-0.05, 0) is 49.9 Å². The first kappa shape index (κ1) is 16.5. The molecule has 1 fully saturated rings. The predicted molar refractivity (Wildman–Crippen MR) is 85.9 cm³/mol. The van der Waals surface area contributed by atoms with Gasteiger partial charge in [-0.2, -0.15) is 0 Å². The summed E-state index contributed by atoms with van der Waals surface area (Å²) in [6.07, 6.45) is 3.58. The van der Waals surface area contributed by atoms with Gasteiger partial charge in [-0.25, -0.2) is 8.42 Å². The second-order valence-electron chi connectivity index (χ2n) is 6.27. The molecule has 1 aliphatic rings. The summed E-state index contributed by atoms with van der Waals surface area (Å²) >= 11 is 0. The van der Waals surface area contributed by atoms with E-state index in [1.54, 1.807) is 12.1 Å². The van der Waals surface area contributed by atoms with Gasteiger partial charge >= 0.3 is 0 Å². The molecule has 0 spiro atoms. The van der Waals surface area contributed by atoms with Gasteiger partial charge in [0.1, 0.15) is 0 Å². The monoisotopic (exact) mass is 310 g/mol. The molecule has 0 aliphatic carbocycles. The van der Waals surface area contributed by atoms with E-state index < -0.39 is 9.84 Å². The second kappa shape index (κ2) is 6.46. The van der Waals surface area contributed by atoms with Crippen LogP contribution in [0.4, 0.5) is 0 Å². The number of nitrogens with two attached hydrogens (primary N) is 1. The Kier molecular flexibility index (Phi) is 5.07. The van der Waals surface area contributed by atoms with Crippen LogP contribution in [0.1, 0.15) is 38.3 Å². The number of likely N-dealkylation sites (tertiary alicyclic amines) is 1. The first-order valence-electron chi connectivity index (χ1n) is 7.58. The maximum atomic E-state index is 11.5.